The third kappa shape index (κ3) is 2.28. The van der Waals surface area contributed by atoms with Gasteiger partial charge in [0.1, 0.15) is 5.82 Å². The Kier molecular flexibility index (Phi) is 3.64. The number of halogens is 3. The number of alkyl halides is 1. The molecule has 0 heterocycles. The van der Waals surface area contributed by atoms with Crippen LogP contribution in [0.5, 0.6) is 0 Å². The molecule has 0 nitrogen and oxygen atoms in total. The van der Waals surface area contributed by atoms with Gasteiger partial charge in [0, 0.05) is 5.56 Å². The van der Waals surface area contributed by atoms with Crippen LogP contribution < -0.4 is 0 Å². The Morgan fingerprint density at radius 3 is 2.30 bits per heavy atom. The molecule has 0 aromatic heterocycles. The van der Waals surface area contributed by atoms with Crippen LogP contribution in [-0.4, -0.2) is 0 Å². The third-order valence-corrected chi connectivity index (χ3v) is 4.11. The molecule has 0 spiro atoms. The van der Waals surface area contributed by atoms with Gasteiger partial charge >= 0.3 is 0 Å². The molecule has 0 saturated heterocycles. The zero-order valence-corrected chi connectivity index (χ0v) is 12.0. The van der Waals surface area contributed by atoms with Crippen molar-refractivity contribution in [2.75, 3.05) is 0 Å². The van der Waals surface area contributed by atoms with Crippen molar-refractivity contribution in [2.24, 2.45) is 0 Å². The summed E-state index contributed by atoms with van der Waals surface area (Å²) >= 11 is 12.3. The second-order valence-corrected chi connectivity index (χ2v) is 5.42. The first-order valence-corrected chi connectivity index (χ1v) is 7.05. The average Bonchev–Trinajstić information content (AvgIpc) is 2.49. The summed E-state index contributed by atoms with van der Waals surface area (Å²) in [6.45, 7) is 0. The maximum Gasteiger partial charge on any atom is 0.146 e. The van der Waals surface area contributed by atoms with Gasteiger partial charge in [0.05, 0.1) is 10.4 Å². The van der Waals surface area contributed by atoms with E-state index in [4.69, 9.17) is 23.2 Å². The van der Waals surface area contributed by atoms with E-state index in [1.165, 1.54) is 6.07 Å². The second kappa shape index (κ2) is 5.43. The minimum Gasteiger partial charge on any atom is -0.205 e. The molecule has 0 aliphatic heterocycles. The van der Waals surface area contributed by atoms with Crippen LogP contribution in [0.25, 0.3) is 10.8 Å². The fraction of sp³-hybridized carbons (Fsp3) is 0.0588. The van der Waals surface area contributed by atoms with E-state index in [9.17, 15) is 4.39 Å². The van der Waals surface area contributed by atoms with Crippen LogP contribution >= 0.6 is 23.2 Å². The van der Waals surface area contributed by atoms with Gasteiger partial charge in [-0.2, -0.15) is 0 Å². The van der Waals surface area contributed by atoms with Gasteiger partial charge in [0.2, 0.25) is 0 Å². The van der Waals surface area contributed by atoms with Gasteiger partial charge in [-0.25, -0.2) is 4.39 Å². The van der Waals surface area contributed by atoms with Crippen molar-refractivity contribution in [3.63, 3.8) is 0 Å². The normalized spacial score (nSPS) is 12.6. The summed E-state index contributed by atoms with van der Waals surface area (Å²) in [7, 11) is 0. The van der Waals surface area contributed by atoms with E-state index in [1.807, 2.05) is 42.5 Å². The van der Waals surface area contributed by atoms with Crippen LogP contribution in [-0.2, 0) is 0 Å². The molecule has 0 saturated carbocycles. The van der Waals surface area contributed by atoms with Crippen LogP contribution in [0.4, 0.5) is 4.39 Å². The minimum atomic E-state index is -0.570. The maximum absolute atomic E-state index is 14.1. The number of hydrogen-bond acceptors (Lipinski definition) is 0. The molecule has 0 bridgehead atoms. The van der Waals surface area contributed by atoms with Crippen molar-refractivity contribution in [2.45, 2.75) is 5.38 Å². The lowest BCUT2D eigenvalue weighted by Gasteiger charge is -2.14. The SMILES string of the molecule is Fc1c(Cl)cccc1C(Cl)c1cccc2ccccc12. The van der Waals surface area contributed by atoms with Gasteiger partial charge in [-0.1, -0.05) is 66.2 Å². The van der Waals surface area contributed by atoms with Crippen molar-refractivity contribution in [3.8, 4) is 0 Å². The summed E-state index contributed by atoms with van der Waals surface area (Å²) in [6, 6.07) is 18.7. The highest BCUT2D eigenvalue weighted by Gasteiger charge is 2.18. The van der Waals surface area contributed by atoms with Crippen LogP contribution in [0, 0.1) is 5.82 Å². The summed E-state index contributed by atoms with van der Waals surface area (Å²) in [5.41, 5.74) is 1.28. The molecular weight excluding hydrogens is 294 g/mol. The Balaban J connectivity index is 2.18. The quantitative estimate of drug-likeness (QED) is 0.512. The van der Waals surface area contributed by atoms with E-state index in [1.54, 1.807) is 12.1 Å². The molecular formula is C17H11Cl2F. The van der Waals surface area contributed by atoms with Crippen LogP contribution in [0.15, 0.2) is 60.7 Å². The molecule has 3 heteroatoms. The Bertz CT molecular complexity index is 763. The first kappa shape index (κ1) is 13.4. The van der Waals surface area contributed by atoms with Gasteiger partial charge in [0.15, 0.2) is 0 Å². The summed E-state index contributed by atoms with van der Waals surface area (Å²) < 4.78 is 14.1. The molecule has 3 aromatic carbocycles. The van der Waals surface area contributed by atoms with Crippen molar-refractivity contribution >= 4 is 34.0 Å². The third-order valence-electron chi connectivity index (χ3n) is 3.35. The van der Waals surface area contributed by atoms with Gasteiger partial charge < -0.3 is 0 Å². The number of hydrogen-bond donors (Lipinski definition) is 0. The summed E-state index contributed by atoms with van der Waals surface area (Å²) in [5, 5.41) is 1.63. The second-order valence-electron chi connectivity index (χ2n) is 4.57. The monoisotopic (exact) mass is 304 g/mol. The van der Waals surface area contributed by atoms with Gasteiger partial charge in [0.25, 0.3) is 0 Å². The van der Waals surface area contributed by atoms with Gasteiger partial charge in [-0.3, -0.25) is 0 Å². The van der Waals surface area contributed by atoms with E-state index < -0.39 is 11.2 Å². The molecule has 3 aromatic rings. The molecule has 0 aliphatic rings. The van der Waals surface area contributed by atoms with E-state index in [0.29, 0.717) is 5.56 Å². The van der Waals surface area contributed by atoms with Crippen LogP contribution in [0.2, 0.25) is 5.02 Å². The smallest absolute Gasteiger partial charge is 0.146 e. The highest BCUT2D eigenvalue weighted by atomic mass is 35.5. The topological polar surface area (TPSA) is 0 Å². The Labute approximate surface area is 126 Å². The molecule has 0 radical (unpaired) electrons. The molecule has 100 valence electrons. The Hall–Kier alpha value is -1.57. The van der Waals surface area contributed by atoms with Crippen LogP contribution in [0.3, 0.4) is 0 Å². The lowest BCUT2D eigenvalue weighted by molar-refractivity contribution is 0.613. The van der Waals surface area contributed by atoms with Gasteiger partial charge in [-0.15, -0.1) is 11.6 Å². The number of benzene rings is 3. The lowest BCUT2D eigenvalue weighted by Crippen LogP contribution is -1.98. The van der Waals surface area contributed by atoms with Crippen molar-refractivity contribution < 1.29 is 4.39 Å². The fourth-order valence-corrected chi connectivity index (χ4v) is 2.90. The Morgan fingerprint density at radius 1 is 0.800 bits per heavy atom. The van der Waals surface area contributed by atoms with Crippen molar-refractivity contribution in [1.82, 2.24) is 0 Å². The zero-order chi connectivity index (χ0) is 14.1. The van der Waals surface area contributed by atoms with E-state index in [-0.39, 0.29) is 5.02 Å². The standard InChI is InChI=1S/C17H11Cl2F/c18-15-10-4-9-14(17(15)20)16(19)13-8-3-6-11-5-1-2-7-12(11)13/h1-10,16H. The lowest BCUT2D eigenvalue weighted by atomic mass is 9.98. The first-order valence-electron chi connectivity index (χ1n) is 6.24. The number of rotatable bonds is 2. The van der Waals surface area contributed by atoms with E-state index >= 15 is 0 Å². The van der Waals surface area contributed by atoms with E-state index in [2.05, 4.69) is 0 Å². The predicted molar refractivity (Wildman–Crippen MR) is 83.1 cm³/mol. The van der Waals surface area contributed by atoms with Crippen molar-refractivity contribution in [3.05, 3.63) is 82.6 Å². The van der Waals surface area contributed by atoms with Crippen LogP contribution in [0.1, 0.15) is 16.5 Å². The molecule has 0 aliphatic carbocycles. The largest absolute Gasteiger partial charge is 0.205 e. The van der Waals surface area contributed by atoms with Crippen molar-refractivity contribution in [1.29, 1.82) is 0 Å². The summed E-state index contributed by atoms with van der Waals surface area (Å²) in [6.07, 6.45) is 0. The fourth-order valence-electron chi connectivity index (χ4n) is 2.36. The molecule has 20 heavy (non-hydrogen) atoms. The van der Waals surface area contributed by atoms with Gasteiger partial charge in [-0.05, 0) is 22.4 Å². The summed E-state index contributed by atoms with van der Waals surface area (Å²) in [4.78, 5) is 0. The molecule has 0 N–H and O–H groups in total. The Morgan fingerprint density at radius 2 is 1.45 bits per heavy atom. The summed E-state index contributed by atoms with van der Waals surface area (Å²) in [5.74, 6) is -0.456. The zero-order valence-electron chi connectivity index (χ0n) is 10.5. The minimum absolute atomic E-state index is 0.0911. The molecule has 0 amide bonds. The maximum atomic E-state index is 14.1. The highest BCUT2D eigenvalue weighted by Crippen LogP contribution is 2.36. The molecule has 1 unspecified atom stereocenters. The molecule has 0 fully saturated rings. The average molecular weight is 305 g/mol. The molecule has 3 rings (SSSR count). The highest BCUT2D eigenvalue weighted by molar-refractivity contribution is 6.31. The molecule has 1 atom stereocenters. The first-order chi connectivity index (χ1) is 9.68. The predicted octanol–water partition coefficient (Wildman–Crippen LogP) is 5.96. The number of fused-ring (bicyclic) bond motifs is 1. The van der Waals surface area contributed by atoms with E-state index in [0.717, 1.165) is 16.3 Å².